The summed E-state index contributed by atoms with van der Waals surface area (Å²) >= 11 is 13.9. The van der Waals surface area contributed by atoms with Crippen molar-refractivity contribution in [3.05, 3.63) is 81.1 Å². The molecule has 2 N–H and O–H groups in total. The lowest BCUT2D eigenvalue weighted by Gasteiger charge is -2.11. The van der Waals surface area contributed by atoms with Gasteiger partial charge in [-0.1, -0.05) is 64.9 Å². The van der Waals surface area contributed by atoms with E-state index in [2.05, 4.69) is 10.3 Å². The molecule has 0 aliphatic rings. The number of hydrogen-bond acceptors (Lipinski definition) is 4. The topological polar surface area (TPSA) is 84.2 Å². The van der Waals surface area contributed by atoms with Crippen molar-refractivity contribution in [2.75, 3.05) is 5.32 Å². The fourth-order valence-corrected chi connectivity index (χ4v) is 4.54. The normalized spacial score (nSPS) is 11.0. The maximum absolute atomic E-state index is 13.1. The number of carboxylic acids is 1. The predicted octanol–water partition coefficient (Wildman–Crippen LogP) is 5.71. The second-order valence-electron chi connectivity index (χ2n) is 6.59. The van der Waals surface area contributed by atoms with Crippen molar-refractivity contribution < 1.29 is 14.7 Å². The van der Waals surface area contributed by atoms with Crippen molar-refractivity contribution in [1.82, 2.24) is 9.55 Å². The summed E-state index contributed by atoms with van der Waals surface area (Å²) in [6, 6.07) is 14.3. The van der Waals surface area contributed by atoms with Crippen molar-refractivity contribution >= 4 is 61.8 Å². The minimum Gasteiger partial charge on any atom is -0.478 e. The van der Waals surface area contributed by atoms with Gasteiger partial charge in [-0.2, -0.15) is 0 Å². The van der Waals surface area contributed by atoms with Crippen molar-refractivity contribution in [2.24, 2.45) is 0 Å². The molecule has 0 aliphatic carbocycles. The number of anilines is 1. The number of carboxylic acid groups (broad SMARTS) is 1. The Hall–Kier alpha value is -2.87. The van der Waals surface area contributed by atoms with Crippen LogP contribution in [0.15, 0.2) is 48.5 Å². The van der Waals surface area contributed by atoms with Crippen LogP contribution in [0.2, 0.25) is 10.0 Å². The molecule has 1 amide bonds. The van der Waals surface area contributed by atoms with E-state index in [9.17, 15) is 9.59 Å². The van der Waals surface area contributed by atoms with Crippen molar-refractivity contribution in [2.45, 2.75) is 13.5 Å². The van der Waals surface area contributed by atoms with Crippen LogP contribution in [0.5, 0.6) is 0 Å². The van der Waals surface area contributed by atoms with Crippen LogP contribution in [0.25, 0.3) is 10.2 Å². The number of carbonyl (C=O) groups is 2. The lowest BCUT2D eigenvalue weighted by Crippen LogP contribution is -2.18. The number of thiazole rings is 1. The van der Waals surface area contributed by atoms with Crippen molar-refractivity contribution in [3.63, 3.8) is 0 Å². The number of aromatic nitrogens is 2. The molecule has 2 aromatic carbocycles. The van der Waals surface area contributed by atoms with E-state index < -0.39 is 11.9 Å². The molecule has 2 aromatic heterocycles. The van der Waals surface area contributed by atoms with Crippen LogP contribution in [0.1, 0.15) is 32.1 Å². The van der Waals surface area contributed by atoms with Gasteiger partial charge in [0.1, 0.15) is 5.69 Å². The van der Waals surface area contributed by atoms with E-state index in [1.807, 2.05) is 30.3 Å². The van der Waals surface area contributed by atoms with Gasteiger partial charge in [0.2, 0.25) is 0 Å². The van der Waals surface area contributed by atoms with E-state index >= 15 is 0 Å². The smallest absolute Gasteiger partial charge is 0.335 e. The van der Waals surface area contributed by atoms with Gasteiger partial charge in [0.15, 0.2) is 5.13 Å². The largest absolute Gasteiger partial charge is 0.478 e. The number of rotatable bonds is 5. The quantitative estimate of drug-likeness (QED) is 0.400. The third-order valence-electron chi connectivity index (χ3n) is 4.65. The Balaban J connectivity index is 1.67. The molecule has 4 rings (SSSR count). The minimum absolute atomic E-state index is 0.159. The summed E-state index contributed by atoms with van der Waals surface area (Å²) in [5, 5.41) is 12.7. The molecule has 0 aliphatic heterocycles. The zero-order valence-electron chi connectivity index (χ0n) is 15.6. The van der Waals surface area contributed by atoms with E-state index in [4.69, 9.17) is 28.3 Å². The Morgan fingerprint density at radius 3 is 2.57 bits per heavy atom. The van der Waals surface area contributed by atoms with Crippen LogP contribution in [0.4, 0.5) is 5.13 Å². The van der Waals surface area contributed by atoms with Crippen LogP contribution in [0, 0.1) is 6.92 Å². The molecule has 0 saturated carbocycles. The third kappa shape index (κ3) is 3.79. The highest BCUT2D eigenvalue weighted by Gasteiger charge is 2.24. The van der Waals surface area contributed by atoms with Crippen LogP contribution < -0.4 is 5.32 Å². The van der Waals surface area contributed by atoms with Gasteiger partial charge in [-0.3, -0.25) is 10.1 Å². The molecule has 0 fully saturated rings. The minimum atomic E-state index is -1.02. The molecule has 0 atom stereocenters. The molecule has 0 spiro atoms. The molecule has 0 unspecified atom stereocenters. The Bertz CT molecular complexity index is 1280. The number of fused-ring (bicyclic) bond motifs is 1. The van der Waals surface area contributed by atoms with Crippen LogP contribution in [-0.4, -0.2) is 26.5 Å². The number of carbonyl (C=O) groups excluding carboxylic acids is 1. The number of hydrogen-bond donors (Lipinski definition) is 2. The predicted molar refractivity (Wildman–Crippen MR) is 119 cm³/mol. The van der Waals surface area contributed by atoms with Crippen LogP contribution in [0.3, 0.4) is 0 Å². The number of halogens is 2. The van der Waals surface area contributed by atoms with E-state index in [0.29, 0.717) is 32.6 Å². The van der Waals surface area contributed by atoms with Crippen molar-refractivity contribution in [1.29, 1.82) is 0 Å². The maximum atomic E-state index is 13.1. The number of benzene rings is 2. The summed E-state index contributed by atoms with van der Waals surface area (Å²) in [7, 11) is 0. The summed E-state index contributed by atoms with van der Waals surface area (Å²) in [5.41, 5.74) is 2.69. The zero-order chi connectivity index (χ0) is 21.4. The van der Waals surface area contributed by atoms with Crippen LogP contribution in [-0.2, 0) is 6.54 Å². The summed E-state index contributed by atoms with van der Waals surface area (Å²) in [6.45, 7) is 2.24. The molecule has 9 heteroatoms. The number of amides is 1. The lowest BCUT2D eigenvalue weighted by atomic mass is 10.2. The van der Waals surface area contributed by atoms with Gasteiger partial charge in [-0.15, -0.1) is 0 Å². The maximum Gasteiger partial charge on any atom is 0.335 e. The first-order valence-electron chi connectivity index (χ1n) is 8.88. The van der Waals surface area contributed by atoms with Gasteiger partial charge in [0.05, 0.1) is 25.8 Å². The summed E-state index contributed by atoms with van der Waals surface area (Å²) in [5.74, 6) is -1.46. The van der Waals surface area contributed by atoms with Gasteiger partial charge < -0.3 is 9.67 Å². The first kappa shape index (κ1) is 20.4. The molecule has 30 heavy (non-hydrogen) atoms. The number of aromatic carboxylic acids is 1. The zero-order valence-corrected chi connectivity index (χ0v) is 18.0. The van der Waals surface area contributed by atoms with E-state index in [0.717, 1.165) is 5.56 Å². The highest BCUT2D eigenvalue weighted by molar-refractivity contribution is 7.22. The van der Waals surface area contributed by atoms with Gasteiger partial charge in [0, 0.05) is 12.2 Å². The monoisotopic (exact) mass is 459 g/mol. The van der Waals surface area contributed by atoms with E-state index in [1.165, 1.54) is 23.5 Å². The van der Waals surface area contributed by atoms with Crippen molar-refractivity contribution in [3.8, 4) is 0 Å². The van der Waals surface area contributed by atoms with E-state index in [-0.39, 0.29) is 16.3 Å². The van der Waals surface area contributed by atoms with E-state index in [1.54, 1.807) is 17.6 Å². The molecular formula is C21H15Cl2N3O3S. The Morgan fingerprint density at radius 2 is 1.87 bits per heavy atom. The SMILES string of the molecule is Cc1c(Cl)c(Cl)c(C(=O)Nc2nc3ccc(C(=O)O)cc3s2)n1Cc1ccccc1. The third-order valence-corrected chi connectivity index (χ3v) is 6.51. The Labute approximate surface area is 185 Å². The Morgan fingerprint density at radius 1 is 1.13 bits per heavy atom. The second kappa shape index (κ2) is 8.10. The number of nitrogens with zero attached hydrogens (tertiary/aromatic N) is 2. The molecule has 0 bridgehead atoms. The van der Waals surface area contributed by atoms with Gasteiger partial charge in [-0.25, -0.2) is 9.78 Å². The number of nitrogens with one attached hydrogen (secondary N) is 1. The molecule has 0 radical (unpaired) electrons. The molecule has 2 heterocycles. The summed E-state index contributed by atoms with van der Waals surface area (Å²) < 4.78 is 2.43. The molecule has 152 valence electrons. The average molecular weight is 460 g/mol. The first-order chi connectivity index (χ1) is 14.3. The highest BCUT2D eigenvalue weighted by Crippen LogP contribution is 2.34. The standard InChI is InChI=1S/C21H15Cl2N3O3S/c1-11-16(22)17(23)18(26(11)10-12-5-3-2-4-6-12)19(27)25-21-24-14-8-7-13(20(28)29)9-15(14)30-21/h2-9H,10H2,1H3,(H,28,29)(H,24,25,27). The fourth-order valence-electron chi connectivity index (χ4n) is 3.12. The highest BCUT2D eigenvalue weighted by atomic mass is 35.5. The second-order valence-corrected chi connectivity index (χ2v) is 8.38. The lowest BCUT2D eigenvalue weighted by molar-refractivity contribution is 0.0697. The first-order valence-corrected chi connectivity index (χ1v) is 10.5. The summed E-state index contributed by atoms with van der Waals surface area (Å²) in [6.07, 6.45) is 0. The molecule has 0 saturated heterocycles. The van der Waals surface area contributed by atoms with Crippen LogP contribution >= 0.6 is 34.5 Å². The molecular weight excluding hydrogens is 445 g/mol. The summed E-state index contributed by atoms with van der Waals surface area (Å²) in [4.78, 5) is 28.6. The Kier molecular flexibility index (Phi) is 5.51. The van der Waals surface area contributed by atoms with Gasteiger partial charge in [-0.05, 0) is 30.7 Å². The van der Waals surface area contributed by atoms with Gasteiger partial charge >= 0.3 is 5.97 Å². The molecule has 4 aromatic rings. The molecule has 6 nitrogen and oxygen atoms in total. The fraction of sp³-hybridized carbons (Fsp3) is 0.0952. The average Bonchev–Trinajstić information content (AvgIpc) is 3.22. The van der Waals surface area contributed by atoms with Gasteiger partial charge in [0.25, 0.3) is 5.91 Å².